The standard InChI is InChI=1S/C11H20/c1-9-6-10(2,3)8-11(4,5)7-9/h6H,7-8H2,1-5H3. The van der Waals surface area contributed by atoms with Gasteiger partial charge in [-0.1, -0.05) is 39.3 Å². The molecule has 11 heavy (non-hydrogen) atoms. The van der Waals surface area contributed by atoms with E-state index in [4.69, 9.17) is 0 Å². The average Bonchev–Trinajstić information content (AvgIpc) is 1.49. The van der Waals surface area contributed by atoms with Crippen molar-refractivity contribution in [1.82, 2.24) is 0 Å². The maximum Gasteiger partial charge on any atom is -0.0167 e. The minimum Gasteiger partial charge on any atom is -0.0799 e. The molecule has 0 heterocycles. The molecule has 0 radical (unpaired) electrons. The van der Waals surface area contributed by atoms with Crippen molar-refractivity contribution in [1.29, 1.82) is 0 Å². The third-order valence-corrected chi connectivity index (χ3v) is 2.33. The molecule has 0 fully saturated rings. The van der Waals surface area contributed by atoms with Gasteiger partial charge in [-0.2, -0.15) is 0 Å². The Balaban J connectivity index is 2.86. The second-order valence-electron chi connectivity index (χ2n) is 5.50. The van der Waals surface area contributed by atoms with Crippen molar-refractivity contribution in [2.75, 3.05) is 0 Å². The van der Waals surface area contributed by atoms with Gasteiger partial charge in [-0.3, -0.25) is 0 Å². The molecule has 0 aromatic heterocycles. The predicted octanol–water partition coefficient (Wildman–Crippen LogP) is 3.78. The van der Waals surface area contributed by atoms with Crippen LogP contribution in [0.5, 0.6) is 0 Å². The smallest absolute Gasteiger partial charge is 0.0167 e. The quantitative estimate of drug-likeness (QED) is 0.463. The van der Waals surface area contributed by atoms with Gasteiger partial charge in [-0.15, -0.1) is 0 Å². The van der Waals surface area contributed by atoms with Crippen LogP contribution < -0.4 is 0 Å². The van der Waals surface area contributed by atoms with Crippen LogP contribution in [-0.4, -0.2) is 0 Å². The van der Waals surface area contributed by atoms with Crippen molar-refractivity contribution < 1.29 is 0 Å². The summed E-state index contributed by atoms with van der Waals surface area (Å²) in [6, 6.07) is 0. The SMILES string of the molecule is CC1=CC(C)(C)CC(C)(C)C1. The molecular weight excluding hydrogens is 132 g/mol. The van der Waals surface area contributed by atoms with Crippen LogP contribution in [0, 0.1) is 10.8 Å². The normalized spacial score (nSPS) is 27.9. The van der Waals surface area contributed by atoms with E-state index < -0.39 is 0 Å². The first kappa shape index (κ1) is 8.83. The molecule has 0 unspecified atom stereocenters. The first-order valence-electron chi connectivity index (χ1n) is 4.49. The van der Waals surface area contributed by atoms with Gasteiger partial charge in [0.1, 0.15) is 0 Å². The van der Waals surface area contributed by atoms with E-state index in [1.54, 1.807) is 5.57 Å². The Kier molecular flexibility index (Phi) is 1.90. The first-order valence-corrected chi connectivity index (χ1v) is 4.49. The molecule has 0 amide bonds. The average molecular weight is 152 g/mol. The van der Waals surface area contributed by atoms with Gasteiger partial charge in [0.25, 0.3) is 0 Å². The van der Waals surface area contributed by atoms with E-state index in [0.29, 0.717) is 10.8 Å². The van der Waals surface area contributed by atoms with E-state index in [1.807, 2.05) is 0 Å². The topological polar surface area (TPSA) is 0 Å². The fourth-order valence-electron chi connectivity index (χ4n) is 2.82. The van der Waals surface area contributed by atoms with E-state index >= 15 is 0 Å². The van der Waals surface area contributed by atoms with Gasteiger partial charge in [-0.05, 0) is 30.6 Å². The third kappa shape index (κ3) is 2.36. The van der Waals surface area contributed by atoms with E-state index in [1.165, 1.54) is 12.8 Å². The van der Waals surface area contributed by atoms with E-state index in [-0.39, 0.29) is 0 Å². The van der Waals surface area contributed by atoms with Crippen LogP contribution in [-0.2, 0) is 0 Å². The highest BCUT2D eigenvalue weighted by Crippen LogP contribution is 2.44. The summed E-state index contributed by atoms with van der Waals surface area (Å²) in [6.07, 6.45) is 5.02. The summed E-state index contributed by atoms with van der Waals surface area (Å²) in [5.41, 5.74) is 2.50. The zero-order chi connectivity index (χ0) is 8.70. The van der Waals surface area contributed by atoms with Gasteiger partial charge in [-0.25, -0.2) is 0 Å². The van der Waals surface area contributed by atoms with Crippen molar-refractivity contribution >= 4 is 0 Å². The lowest BCUT2D eigenvalue weighted by atomic mass is 9.67. The zero-order valence-corrected chi connectivity index (χ0v) is 8.49. The number of allylic oxidation sites excluding steroid dienone is 2. The Morgan fingerprint density at radius 1 is 1.18 bits per heavy atom. The highest BCUT2D eigenvalue weighted by Gasteiger charge is 2.31. The van der Waals surface area contributed by atoms with Gasteiger partial charge < -0.3 is 0 Å². The molecule has 0 N–H and O–H groups in total. The van der Waals surface area contributed by atoms with Gasteiger partial charge in [0.2, 0.25) is 0 Å². The molecule has 1 aliphatic carbocycles. The molecule has 1 aliphatic rings. The molecule has 64 valence electrons. The Morgan fingerprint density at radius 2 is 1.73 bits per heavy atom. The number of hydrogen-bond donors (Lipinski definition) is 0. The third-order valence-electron chi connectivity index (χ3n) is 2.33. The summed E-state index contributed by atoms with van der Waals surface area (Å²) in [7, 11) is 0. The Morgan fingerprint density at radius 3 is 2.09 bits per heavy atom. The van der Waals surface area contributed by atoms with Gasteiger partial charge in [0.05, 0.1) is 0 Å². The maximum absolute atomic E-state index is 2.43. The lowest BCUT2D eigenvalue weighted by Gasteiger charge is -2.38. The highest BCUT2D eigenvalue weighted by atomic mass is 14.4. The highest BCUT2D eigenvalue weighted by molar-refractivity contribution is 5.13. The molecule has 0 heteroatoms. The molecule has 0 saturated heterocycles. The van der Waals surface area contributed by atoms with Gasteiger partial charge in [0.15, 0.2) is 0 Å². The zero-order valence-electron chi connectivity index (χ0n) is 8.49. The fraction of sp³-hybridized carbons (Fsp3) is 0.818. The number of hydrogen-bond acceptors (Lipinski definition) is 0. The Bertz CT molecular complexity index is 182. The molecule has 0 spiro atoms. The van der Waals surface area contributed by atoms with E-state index in [2.05, 4.69) is 40.7 Å². The van der Waals surface area contributed by atoms with Crippen LogP contribution in [0.2, 0.25) is 0 Å². The maximum atomic E-state index is 2.43. The summed E-state index contributed by atoms with van der Waals surface area (Å²) in [4.78, 5) is 0. The monoisotopic (exact) mass is 152 g/mol. The summed E-state index contributed by atoms with van der Waals surface area (Å²) >= 11 is 0. The lowest BCUT2D eigenvalue weighted by Crippen LogP contribution is -2.26. The van der Waals surface area contributed by atoms with Crippen molar-refractivity contribution in [2.24, 2.45) is 10.8 Å². The van der Waals surface area contributed by atoms with Gasteiger partial charge >= 0.3 is 0 Å². The molecule has 1 rings (SSSR count). The van der Waals surface area contributed by atoms with Gasteiger partial charge in [0, 0.05) is 0 Å². The summed E-state index contributed by atoms with van der Waals surface area (Å²) in [6.45, 7) is 11.6. The lowest BCUT2D eigenvalue weighted by molar-refractivity contribution is 0.215. The van der Waals surface area contributed by atoms with Crippen LogP contribution in [0.4, 0.5) is 0 Å². The van der Waals surface area contributed by atoms with Crippen molar-refractivity contribution in [3.63, 3.8) is 0 Å². The molecule has 0 nitrogen and oxygen atoms in total. The molecule has 0 atom stereocenters. The largest absolute Gasteiger partial charge is 0.0799 e. The fourth-order valence-corrected chi connectivity index (χ4v) is 2.82. The minimum absolute atomic E-state index is 0.422. The molecule has 0 aliphatic heterocycles. The molecule has 0 aromatic rings. The number of rotatable bonds is 0. The van der Waals surface area contributed by atoms with Crippen molar-refractivity contribution in [3.05, 3.63) is 11.6 Å². The summed E-state index contributed by atoms with van der Waals surface area (Å²) < 4.78 is 0. The predicted molar refractivity (Wildman–Crippen MR) is 50.6 cm³/mol. The van der Waals surface area contributed by atoms with E-state index in [0.717, 1.165) is 0 Å². The summed E-state index contributed by atoms with van der Waals surface area (Å²) in [5.74, 6) is 0. The molecule has 0 saturated carbocycles. The Hall–Kier alpha value is -0.260. The van der Waals surface area contributed by atoms with Crippen LogP contribution in [0.1, 0.15) is 47.5 Å². The Labute approximate surface area is 70.7 Å². The first-order chi connectivity index (χ1) is 4.81. The van der Waals surface area contributed by atoms with Crippen LogP contribution in [0.25, 0.3) is 0 Å². The molecule has 0 bridgehead atoms. The van der Waals surface area contributed by atoms with Crippen LogP contribution in [0.15, 0.2) is 11.6 Å². The molecule has 0 aromatic carbocycles. The van der Waals surface area contributed by atoms with Crippen LogP contribution in [0.3, 0.4) is 0 Å². The van der Waals surface area contributed by atoms with Crippen molar-refractivity contribution in [3.8, 4) is 0 Å². The van der Waals surface area contributed by atoms with Crippen LogP contribution >= 0.6 is 0 Å². The second-order valence-corrected chi connectivity index (χ2v) is 5.50. The minimum atomic E-state index is 0.422. The van der Waals surface area contributed by atoms with E-state index in [9.17, 15) is 0 Å². The van der Waals surface area contributed by atoms with Crippen molar-refractivity contribution in [2.45, 2.75) is 47.5 Å². The second kappa shape index (κ2) is 2.36. The summed E-state index contributed by atoms with van der Waals surface area (Å²) in [5, 5.41) is 0. The molecular formula is C11H20.